The smallest absolute Gasteiger partial charge is 0.255 e. The Morgan fingerprint density at radius 1 is 0.977 bits per heavy atom. The molecule has 0 spiro atoms. The van der Waals surface area contributed by atoms with Crippen LogP contribution >= 0.6 is 0 Å². The summed E-state index contributed by atoms with van der Waals surface area (Å²) in [6.07, 6.45) is 7.95. The number of aromatic nitrogens is 1. The molecule has 10 nitrogen and oxygen atoms in total. The quantitative estimate of drug-likeness (QED) is 0.532. The standard InChI is InChI=1S/C34H43N5O5/c1-37-22-31(40)28(26-4-2-3-5-29(26)37)21-36-34(41)27-18-24(23-6-7-32(35-20-23)38-10-15-43-16-11-38)19-30-33(27)44-17-12-39(30)25-8-13-42-14-9-25/h6-7,18-20,25,28H,2-5,8-17,21-22H2,1H3,(H,36,41). The highest BCUT2D eigenvalue weighted by Crippen LogP contribution is 2.42. The molecule has 1 atom stereocenters. The van der Waals surface area contributed by atoms with E-state index in [4.69, 9.17) is 19.2 Å². The van der Waals surface area contributed by atoms with Gasteiger partial charge in [-0.15, -0.1) is 0 Å². The van der Waals surface area contributed by atoms with E-state index in [9.17, 15) is 9.59 Å². The monoisotopic (exact) mass is 601 g/mol. The first-order valence-electron chi connectivity index (χ1n) is 16.2. The SMILES string of the molecule is CN1CC(=O)C(CNC(=O)c2cc(-c3ccc(N4CCOCC4)nc3)cc3c2OCCN3C2CCOCC2)C2=C1CCCC2. The Hall–Kier alpha value is -3.63. The maximum atomic E-state index is 14.0. The van der Waals surface area contributed by atoms with Gasteiger partial charge >= 0.3 is 0 Å². The number of nitrogens with one attached hydrogen (secondary N) is 1. The van der Waals surface area contributed by atoms with Gasteiger partial charge in [-0.3, -0.25) is 9.59 Å². The fourth-order valence-electron chi connectivity index (χ4n) is 7.48. The number of hydrogen-bond acceptors (Lipinski definition) is 9. The second-order valence-corrected chi connectivity index (χ2v) is 12.5. The van der Waals surface area contributed by atoms with Crippen LogP contribution < -0.4 is 19.9 Å². The zero-order valence-electron chi connectivity index (χ0n) is 25.7. The first-order valence-corrected chi connectivity index (χ1v) is 16.2. The second kappa shape index (κ2) is 12.8. The van der Waals surface area contributed by atoms with Gasteiger partial charge in [-0.1, -0.05) is 0 Å². The summed E-state index contributed by atoms with van der Waals surface area (Å²) in [5, 5.41) is 3.16. The number of morpholine rings is 1. The maximum absolute atomic E-state index is 14.0. The van der Waals surface area contributed by atoms with Gasteiger partial charge in [-0.05, 0) is 73.9 Å². The number of nitrogens with zero attached hydrogens (tertiary/aromatic N) is 4. The molecule has 10 heteroatoms. The number of fused-ring (bicyclic) bond motifs is 1. The van der Waals surface area contributed by atoms with Crippen molar-refractivity contribution in [1.82, 2.24) is 15.2 Å². The van der Waals surface area contributed by atoms with Crippen molar-refractivity contribution in [3.63, 3.8) is 0 Å². The third kappa shape index (κ3) is 5.77. The van der Waals surface area contributed by atoms with E-state index < -0.39 is 0 Å². The summed E-state index contributed by atoms with van der Waals surface area (Å²) >= 11 is 0. The van der Waals surface area contributed by atoms with Crippen LogP contribution in [0.25, 0.3) is 11.1 Å². The molecule has 1 aliphatic carbocycles. The highest BCUT2D eigenvalue weighted by molar-refractivity contribution is 6.01. The lowest BCUT2D eigenvalue weighted by Crippen LogP contribution is -2.45. The number of carbonyl (C=O) groups excluding carboxylic acids is 2. The number of ether oxygens (including phenoxy) is 3. The lowest BCUT2D eigenvalue weighted by Gasteiger charge is -2.40. The number of rotatable bonds is 6. The summed E-state index contributed by atoms with van der Waals surface area (Å²) in [5.74, 6) is 1.26. The molecule has 4 aliphatic heterocycles. The predicted molar refractivity (Wildman–Crippen MR) is 168 cm³/mol. The lowest BCUT2D eigenvalue weighted by atomic mass is 9.81. The van der Waals surface area contributed by atoms with Gasteiger partial charge in [0.1, 0.15) is 12.4 Å². The van der Waals surface area contributed by atoms with Gasteiger partial charge in [0.15, 0.2) is 11.5 Å². The molecular formula is C34H43N5O5. The van der Waals surface area contributed by atoms with Crippen LogP contribution in [0.3, 0.4) is 0 Å². The van der Waals surface area contributed by atoms with Crippen LogP contribution in [-0.4, -0.2) is 100 Å². The van der Waals surface area contributed by atoms with Gasteiger partial charge in [0.05, 0.1) is 43.5 Å². The van der Waals surface area contributed by atoms with E-state index >= 15 is 0 Å². The average molecular weight is 602 g/mol. The Morgan fingerprint density at radius 2 is 1.77 bits per heavy atom. The van der Waals surface area contributed by atoms with Gasteiger partial charge in [0, 0.05) is 63.4 Å². The van der Waals surface area contributed by atoms with Gasteiger partial charge < -0.3 is 34.2 Å². The number of amides is 1. The Labute approximate surface area is 259 Å². The highest BCUT2D eigenvalue weighted by atomic mass is 16.5. The summed E-state index contributed by atoms with van der Waals surface area (Å²) < 4.78 is 17.4. The first-order chi connectivity index (χ1) is 21.6. The number of benzene rings is 1. The summed E-state index contributed by atoms with van der Waals surface area (Å²) in [6.45, 7) is 6.52. The summed E-state index contributed by atoms with van der Waals surface area (Å²) in [7, 11) is 2.01. The number of ketones is 1. The van der Waals surface area contributed by atoms with E-state index in [1.807, 2.05) is 25.4 Å². The molecule has 5 aliphatic rings. The van der Waals surface area contributed by atoms with Gasteiger partial charge in [0.2, 0.25) is 0 Å². The van der Waals surface area contributed by atoms with Crippen molar-refractivity contribution in [2.45, 2.75) is 44.6 Å². The van der Waals surface area contributed by atoms with E-state index in [-0.39, 0.29) is 17.6 Å². The van der Waals surface area contributed by atoms with Crippen molar-refractivity contribution in [2.75, 3.05) is 82.6 Å². The minimum absolute atomic E-state index is 0.178. The van der Waals surface area contributed by atoms with Crippen molar-refractivity contribution in [2.24, 2.45) is 5.92 Å². The van der Waals surface area contributed by atoms with Crippen LogP contribution in [0.2, 0.25) is 0 Å². The fourth-order valence-corrected chi connectivity index (χ4v) is 7.48. The molecule has 234 valence electrons. The van der Waals surface area contributed by atoms with Crippen LogP contribution in [0.4, 0.5) is 11.5 Å². The molecule has 5 heterocycles. The molecule has 1 unspecified atom stereocenters. The molecule has 2 aromatic rings. The molecule has 2 fully saturated rings. The van der Waals surface area contributed by atoms with Crippen LogP contribution in [0.1, 0.15) is 48.9 Å². The molecular weight excluding hydrogens is 558 g/mol. The molecule has 0 radical (unpaired) electrons. The number of likely N-dealkylation sites (N-methyl/N-ethyl adjacent to an activating group) is 1. The molecule has 1 amide bonds. The average Bonchev–Trinajstić information content (AvgIpc) is 3.08. The number of pyridine rings is 1. The van der Waals surface area contributed by atoms with E-state index in [0.717, 1.165) is 94.0 Å². The zero-order valence-corrected chi connectivity index (χ0v) is 25.7. The summed E-state index contributed by atoms with van der Waals surface area (Å²) in [6, 6.07) is 8.53. The molecule has 1 aromatic carbocycles. The Kier molecular flexibility index (Phi) is 8.45. The van der Waals surface area contributed by atoms with Crippen molar-refractivity contribution >= 4 is 23.2 Å². The third-order valence-corrected chi connectivity index (χ3v) is 9.86. The molecule has 1 N–H and O–H groups in total. The fraction of sp³-hybridized carbons (Fsp3) is 0.559. The lowest BCUT2D eigenvalue weighted by molar-refractivity contribution is -0.123. The molecule has 0 bridgehead atoms. The van der Waals surface area contributed by atoms with Crippen molar-refractivity contribution < 1.29 is 23.8 Å². The van der Waals surface area contributed by atoms with Crippen LogP contribution in [0.15, 0.2) is 41.7 Å². The Balaban J connectivity index is 1.20. The summed E-state index contributed by atoms with van der Waals surface area (Å²) in [4.78, 5) is 38.7. The van der Waals surface area contributed by atoms with Gasteiger partial charge in [-0.2, -0.15) is 0 Å². The maximum Gasteiger partial charge on any atom is 0.255 e. The second-order valence-electron chi connectivity index (χ2n) is 12.5. The normalized spacial score (nSPS) is 22.8. The van der Waals surface area contributed by atoms with E-state index in [1.165, 1.54) is 11.3 Å². The predicted octanol–water partition coefficient (Wildman–Crippen LogP) is 3.65. The number of Topliss-reactive ketones (excluding diaryl/α,β-unsaturated/α-hetero) is 1. The Morgan fingerprint density at radius 3 is 2.57 bits per heavy atom. The number of hydrogen-bond donors (Lipinski definition) is 1. The summed E-state index contributed by atoms with van der Waals surface area (Å²) in [5.41, 5.74) is 5.81. The van der Waals surface area contributed by atoms with Crippen molar-refractivity contribution in [1.29, 1.82) is 0 Å². The molecule has 2 saturated heterocycles. The van der Waals surface area contributed by atoms with Crippen LogP contribution in [0.5, 0.6) is 5.75 Å². The largest absolute Gasteiger partial charge is 0.489 e. The minimum atomic E-state index is -0.263. The van der Waals surface area contributed by atoms with Gasteiger partial charge in [0.25, 0.3) is 5.91 Å². The number of carbonyl (C=O) groups is 2. The molecule has 7 rings (SSSR count). The first kappa shape index (κ1) is 29.1. The molecule has 0 saturated carbocycles. The van der Waals surface area contributed by atoms with E-state index in [0.29, 0.717) is 50.3 Å². The topological polar surface area (TPSA) is 96.5 Å². The number of allylic oxidation sites excluding steroid dienone is 1. The van der Waals surface area contributed by atoms with E-state index in [1.54, 1.807) is 0 Å². The van der Waals surface area contributed by atoms with E-state index in [2.05, 4.69) is 32.1 Å². The van der Waals surface area contributed by atoms with Crippen molar-refractivity contribution in [3.05, 3.63) is 47.3 Å². The minimum Gasteiger partial charge on any atom is -0.489 e. The van der Waals surface area contributed by atoms with Gasteiger partial charge in [-0.25, -0.2) is 4.98 Å². The third-order valence-electron chi connectivity index (χ3n) is 9.86. The van der Waals surface area contributed by atoms with Crippen LogP contribution in [0, 0.1) is 5.92 Å². The van der Waals surface area contributed by atoms with Crippen molar-refractivity contribution in [3.8, 4) is 16.9 Å². The van der Waals surface area contributed by atoms with Crippen LogP contribution in [-0.2, 0) is 14.3 Å². The molecule has 1 aromatic heterocycles. The highest BCUT2D eigenvalue weighted by Gasteiger charge is 2.35. The molecule has 44 heavy (non-hydrogen) atoms. The number of anilines is 2. The zero-order chi connectivity index (χ0) is 30.0. The Bertz CT molecular complexity index is 1410.